The van der Waals surface area contributed by atoms with Gasteiger partial charge in [-0.15, -0.1) is 0 Å². The first kappa shape index (κ1) is 13.2. The molecule has 1 aromatic rings. The lowest BCUT2D eigenvalue weighted by molar-refractivity contribution is 0.188. The molecule has 1 fully saturated rings. The predicted molar refractivity (Wildman–Crippen MR) is 71.8 cm³/mol. The Balaban J connectivity index is 1.94. The van der Waals surface area contributed by atoms with Gasteiger partial charge in [-0.25, -0.2) is 9.97 Å². The molecule has 0 saturated carbocycles. The average Bonchev–Trinajstić information content (AvgIpc) is 2.41. The SMILES string of the molecule is CCCc1cc(N2CCN(CCO)CC2)ncn1. The van der Waals surface area contributed by atoms with Crippen molar-refractivity contribution in [3.8, 4) is 0 Å². The van der Waals surface area contributed by atoms with Crippen LogP contribution in [0.4, 0.5) is 5.82 Å². The van der Waals surface area contributed by atoms with E-state index in [-0.39, 0.29) is 6.61 Å². The summed E-state index contributed by atoms with van der Waals surface area (Å²) >= 11 is 0. The van der Waals surface area contributed by atoms with Crippen LogP contribution in [0.25, 0.3) is 0 Å². The summed E-state index contributed by atoms with van der Waals surface area (Å²) in [5.41, 5.74) is 1.13. The number of anilines is 1. The Morgan fingerprint density at radius 3 is 2.67 bits per heavy atom. The molecule has 5 nitrogen and oxygen atoms in total. The number of nitrogens with zero attached hydrogens (tertiary/aromatic N) is 4. The zero-order chi connectivity index (χ0) is 12.8. The Kier molecular flexibility index (Phi) is 4.90. The number of aromatic nitrogens is 2. The molecule has 0 unspecified atom stereocenters. The first-order chi connectivity index (χ1) is 8.83. The summed E-state index contributed by atoms with van der Waals surface area (Å²) in [6, 6.07) is 2.10. The molecular formula is C13H22N4O. The molecule has 2 heterocycles. The van der Waals surface area contributed by atoms with Crippen LogP contribution in [0.1, 0.15) is 19.0 Å². The van der Waals surface area contributed by atoms with E-state index in [4.69, 9.17) is 5.11 Å². The van der Waals surface area contributed by atoms with Crippen LogP contribution in [0.3, 0.4) is 0 Å². The van der Waals surface area contributed by atoms with E-state index in [1.54, 1.807) is 6.33 Å². The van der Waals surface area contributed by atoms with E-state index < -0.39 is 0 Å². The Bertz CT molecular complexity index is 364. The number of piperazine rings is 1. The third kappa shape index (κ3) is 3.40. The van der Waals surface area contributed by atoms with E-state index in [0.717, 1.165) is 57.1 Å². The summed E-state index contributed by atoms with van der Waals surface area (Å²) in [6.45, 7) is 7.12. The molecule has 18 heavy (non-hydrogen) atoms. The van der Waals surface area contributed by atoms with Crippen molar-refractivity contribution in [2.24, 2.45) is 0 Å². The Labute approximate surface area is 108 Å². The maximum absolute atomic E-state index is 8.92. The van der Waals surface area contributed by atoms with Crippen molar-refractivity contribution in [2.45, 2.75) is 19.8 Å². The number of aliphatic hydroxyl groups is 1. The van der Waals surface area contributed by atoms with Gasteiger partial charge in [0, 0.05) is 44.5 Å². The largest absolute Gasteiger partial charge is 0.395 e. The van der Waals surface area contributed by atoms with E-state index in [1.807, 2.05) is 0 Å². The lowest BCUT2D eigenvalue weighted by Crippen LogP contribution is -2.47. The number of hydrogen-bond acceptors (Lipinski definition) is 5. The maximum Gasteiger partial charge on any atom is 0.132 e. The molecule has 0 bridgehead atoms. The van der Waals surface area contributed by atoms with Crippen molar-refractivity contribution in [1.82, 2.24) is 14.9 Å². The quantitative estimate of drug-likeness (QED) is 0.827. The van der Waals surface area contributed by atoms with Gasteiger partial charge in [0.15, 0.2) is 0 Å². The highest BCUT2D eigenvalue weighted by Crippen LogP contribution is 2.14. The summed E-state index contributed by atoms with van der Waals surface area (Å²) < 4.78 is 0. The Morgan fingerprint density at radius 2 is 2.00 bits per heavy atom. The molecule has 2 rings (SSSR count). The number of rotatable bonds is 5. The summed E-state index contributed by atoms with van der Waals surface area (Å²) in [5.74, 6) is 1.04. The Morgan fingerprint density at radius 1 is 1.22 bits per heavy atom. The average molecular weight is 250 g/mol. The molecule has 1 aromatic heterocycles. The Hall–Kier alpha value is -1.20. The molecule has 0 spiro atoms. The molecule has 0 atom stereocenters. The highest BCUT2D eigenvalue weighted by Gasteiger charge is 2.17. The van der Waals surface area contributed by atoms with Gasteiger partial charge in [-0.2, -0.15) is 0 Å². The van der Waals surface area contributed by atoms with Crippen LogP contribution in [-0.2, 0) is 6.42 Å². The summed E-state index contributed by atoms with van der Waals surface area (Å²) in [4.78, 5) is 13.2. The fourth-order valence-corrected chi connectivity index (χ4v) is 2.29. The van der Waals surface area contributed by atoms with Crippen molar-refractivity contribution < 1.29 is 5.11 Å². The molecule has 1 aliphatic heterocycles. The van der Waals surface area contributed by atoms with Crippen LogP contribution in [-0.4, -0.2) is 59.3 Å². The van der Waals surface area contributed by atoms with Gasteiger partial charge in [0.05, 0.1) is 6.61 Å². The first-order valence-corrected chi connectivity index (χ1v) is 6.72. The third-order valence-electron chi connectivity index (χ3n) is 3.33. The number of hydrogen-bond donors (Lipinski definition) is 1. The van der Waals surface area contributed by atoms with Gasteiger partial charge in [0.2, 0.25) is 0 Å². The smallest absolute Gasteiger partial charge is 0.132 e. The fraction of sp³-hybridized carbons (Fsp3) is 0.692. The zero-order valence-electron chi connectivity index (χ0n) is 11.0. The standard InChI is InChI=1S/C13H22N4O/c1-2-3-12-10-13(15-11-14-12)17-6-4-16(5-7-17)8-9-18/h10-11,18H,2-9H2,1H3. The van der Waals surface area contributed by atoms with E-state index in [9.17, 15) is 0 Å². The molecule has 0 aromatic carbocycles. The minimum atomic E-state index is 0.244. The molecule has 1 aliphatic rings. The van der Waals surface area contributed by atoms with Gasteiger partial charge < -0.3 is 10.0 Å². The van der Waals surface area contributed by atoms with E-state index in [2.05, 4.69) is 32.8 Å². The van der Waals surface area contributed by atoms with E-state index >= 15 is 0 Å². The van der Waals surface area contributed by atoms with Gasteiger partial charge in [-0.05, 0) is 6.42 Å². The second-order valence-corrected chi connectivity index (χ2v) is 4.67. The van der Waals surface area contributed by atoms with E-state index in [1.165, 1.54) is 0 Å². The van der Waals surface area contributed by atoms with Crippen LogP contribution in [0.2, 0.25) is 0 Å². The monoisotopic (exact) mass is 250 g/mol. The molecule has 5 heteroatoms. The van der Waals surface area contributed by atoms with Crippen LogP contribution in [0.5, 0.6) is 0 Å². The third-order valence-corrected chi connectivity index (χ3v) is 3.33. The predicted octanol–water partition coefficient (Wildman–Crippen LogP) is 0.543. The van der Waals surface area contributed by atoms with E-state index in [0.29, 0.717) is 0 Å². The number of aliphatic hydroxyl groups excluding tert-OH is 1. The minimum Gasteiger partial charge on any atom is -0.395 e. The molecule has 0 radical (unpaired) electrons. The summed E-state index contributed by atoms with van der Waals surface area (Å²) in [6.07, 6.45) is 3.79. The molecule has 100 valence electrons. The van der Waals surface area contributed by atoms with Crippen LogP contribution >= 0.6 is 0 Å². The van der Waals surface area contributed by atoms with Crippen LogP contribution in [0.15, 0.2) is 12.4 Å². The minimum absolute atomic E-state index is 0.244. The van der Waals surface area contributed by atoms with Crippen LogP contribution < -0.4 is 4.90 Å². The summed E-state index contributed by atoms with van der Waals surface area (Å²) in [7, 11) is 0. The molecule has 0 aliphatic carbocycles. The number of aryl methyl sites for hydroxylation is 1. The van der Waals surface area contributed by atoms with Gasteiger partial charge in [-0.1, -0.05) is 13.3 Å². The summed E-state index contributed by atoms with van der Waals surface area (Å²) in [5, 5.41) is 8.92. The van der Waals surface area contributed by atoms with Crippen molar-refractivity contribution in [2.75, 3.05) is 44.2 Å². The normalized spacial score (nSPS) is 17.1. The van der Waals surface area contributed by atoms with Gasteiger partial charge >= 0.3 is 0 Å². The van der Waals surface area contributed by atoms with Crippen molar-refractivity contribution >= 4 is 5.82 Å². The highest BCUT2D eigenvalue weighted by atomic mass is 16.3. The van der Waals surface area contributed by atoms with Crippen LogP contribution in [0, 0.1) is 0 Å². The zero-order valence-corrected chi connectivity index (χ0v) is 11.0. The maximum atomic E-state index is 8.92. The second-order valence-electron chi connectivity index (χ2n) is 4.67. The van der Waals surface area contributed by atoms with Crippen molar-refractivity contribution in [1.29, 1.82) is 0 Å². The lowest BCUT2D eigenvalue weighted by atomic mass is 10.2. The van der Waals surface area contributed by atoms with Crippen molar-refractivity contribution in [3.05, 3.63) is 18.1 Å². The molecule has 1 N–H and O–H groups in total. The topological polar surface area (TPSA) is 52.5 Å². The highest BCUT2D eigenvalue weighted by molar-refractivity contribution is 5.39. The van der Waals surface area contributed by atoms with Crippen molar-refractivity contribution in [3.63, 3.8) is 0 Å². The second kappa shape index (κ2) is 6.66. The number of β-amino-alcohol motifs (C(OH)–C–C–N with tert-alkyl or cyclic N) is 1. The molecular weight excluding hydrogens is 228 g/mol. The van der Waals surface area contributed by atoms with Gasteiger partial charge in [0.25, 0.3) is 0 Å². The molecule has 0 amide bonds. The fourth-order valence-electron chi connectivity index (χ4n) is 2.29. The first-order valence-electron chi connectivity index (χ1n) is 6.72. The van der Waals surface area contributed by atoms with Gasteiger partial charge in [-0.3, -0.25) is 4.90 Å². The molecule has 1 saturated heterocycles. The van der Waals surface area contributed by atoms with Gasteiger partial charge in [0.1, 0.15) is 12.1 Å². The lowest BCUT2D eigenvalue weighted by Gasteiger charge is -2.35.